The lowest BCUT2D eigenvalue weighted by molar-refractivity contribution is -0.181. The fourth-order valence-corrected chi connectivity index (χ4v) is 3.22. The SMILES string of the molecule is CCCn1cnc(C(O)C(OC2CCN(C(=O)OC(C)(C)C)C2)C(=O)OC(C)(C)C)c1. The van der Waals surface area contributed by atoms with E-state index in [1.165, 1.54) is 0 Å². The number of ether oxygens (including phenoxy) is 3. The summed E-state index contributed by atoms with van der Waals surface area (Å²) in [6.07, 6.45) is 1.36. The van der Waals surface area contributed by atoms with Crippen LogP contribution in [0.4, 0.5) is 4.79 Å². The van der Waals surface area contributed by atoms with Crippen molar-refractivity contribution in [1.29, 1.82) is 0 Å². The first kappa shape index (κ1) is 25.1. The summed E-state index contributed by atoms with van der Waals surface area (Å²) in [6, 6.07) is 0. The molecule has 0 radical (unpaired) electrons. The molecule has 1 N–H and O–H groups in total. The van der Waals surface area contributed by atoms with E-state index in [4.69, 9.17) is 14.2 Å². The third-order valence-electron chi connectivity index (χ3n) is 4.50. The third kappa shape index (κ3) is 7.81. The van der Waals surface area contributed by atoms with E-state index in [9.17, 15) is 14.7 Å². The van der Waals surface area contributed by atoms with Gasteiger partial charge in [-0.15, -0.1) is 0 Å². The average molecular weight is 440 g/mol. The molecule has 1 saturated heterocycles. The predicted octanol–water partition coefficient (Wildman–Crippen LogP) is 3.06. The van der Waals surface area contributed by atoms with Gasteiger partial charge in [0.2, 0.25) is 0 Å². The van der Waals surface area contributed by atoms with Crippen LogP contribution in [0.5, 0.6) is 0 Å². The summed E-state index contributed by atoms with van der Waals surface area (Å²) in [4.78, 5) is 31.0. The Kier molecular flexibility index (Phi) is 8.10. The number of nitrogens with zero attached hydrogens (tertiary/aromatic N) is 3. The second kappa shape index (κ2) is 9.99. The van der Waals surface area contributed by atoms with Crippen LogP contribution in [0.2, 0.25) is 0 Å². The van der Waals surface area contributed by atoms with Crippen LogP contribution in [0.3, 0.4) is 0 Å². The molecular formula is C22H37N3O6. The summed E-state index contributed by atoms with van der Waals surface area (Å²) in [5.74, 6) is -0.666. The maximum Gasteiger partial charge on any atom is 0.410 e. The third-order valence-corrected chi connectivity index (χ3v) is 4.50. The van der Waals surface area contributed by atoms with Gasteiger partial charge in [0.05, 0.1) is 24.7 Å². The molecule has 2 rings (SSSR count). The molecule has 0 bridgehead atoms. The van der Waals surface area contributed by atoms with Crippen LogP contribution in [-0.4, -0.2) is 68.1 Å². The van der Waals surface area contributed by atoms with Crippen LogP contribution < -0.4 is 0 Å². The zero-order valence-corrected chi connectivity index (χ0v) is 19.8. The van der Waals surface area contributed by atoms with Crippen molar-refractivity contribution >= 4 is 12.1 Å². The molecule has 31 heavy (non-hydrogen) atoms. The molecule has 1 aliphatic rings. The Bertz CT molecular complexity index is 749. The Labute approximate surface area is 184 Å². The summed E-state index contributed by atoms with van der Waals surface area (Å²) < 4.78 is 18.7. The Morgan fingerprint density at radius 2 is 1.84 bits per heavy atom. The Morgan fingerprint density at radius 3 is 2.42 bits per heavy atom. The fraction of sp³-hybridized carbons (Fsp3) is 0.773. The minimum absolute atomic E-state index is 0.269. The summed E-state index contributed by atoms with van der Waals surface area (Å²) in [6.45, 7) is 14.2. The number of imidazole rings is 1. The van der Waals surface area contributed by atoms with Crippen molar-refractivity contribution in [2.45, 2.75) is 97.4 Å². The molecule has 0 spiro atoms. The molecule has 3 atom stereocenters. The van der Waals surface area contributed by atoms with E-state index in [-0.39, 0.29) is 6.54 Å². The second-order valence-corrected chi connectivity index (χ2v) is 9.91. The van der Waals surface area contributed by atoms with Crippen LogP contribution in [0.15, 0.2) is 12.5 Å². The molecule has 1 fully saturated rings. The number of aliphatic hydroxyl groups is 1. The van der Waals surface area contributed by atoms with E-state index in [0.29, 0.717) is 18.7 Å². The number of carbonyl (C=O) groups excluding carboxylic acids is 2. The number of aromatic nitrogens is 2. The summed E-state index contributed by atoms with van der Waals surface area (Å²) in [5, 5.41) is 10.9. The highest BCUT2D eigenvalue weighted by Crippen LogP contribution is 2.26. The van der Waals surface area contributed by atoms with Gasteiger partial charge in [0.1, 0.15) is 17.3 Å². The lowest BCUT2D eigenvalue weighted by Gasteiger charge is -2.28. The van der Waals surface area contributed by atoms with E-state index in [1.807, 2.05) is 32.3 Å². The lowest BCUT2D eigenvalue weighted by atomic mass is 10.1. The number of aryl methyl sites for hydroxylation is 1. The van der Waals surface area contributed by atoms with Crippen molar-refractivity contribution < 1.29 is 28.9 Å². The second-order valence-electron chi connectivity index (χ2n) is 9.91. The first-order valence-electron chi connectivity index (χ1n) is 10.8. The van der Waals surface area contributed by atoms with Crippen molar-refractivity contribution in [1.82, 2.24) is 14.5 Å². The highest BCUT2D eigenvalue weighted by atomic mass is 16.6. The molecule has 0 aromatic carbocycles. The van der Waals surface area contributed by atoms with Gasteiger partial charge in [0, 0.05) is 19.3 Å². The van der Waals surface area contributed by atoms with Gasteiger partial charge >= 0.3 is 12.1 Å². The van der Waals surface area contributed by atoms with Gasteiger partial charge < -0.3 is 28.8 Å². The molecule has 9 nitrogen and oxygen atoms in total. The van der Waals surface area contributed by atoms with E-state index in [0.717, 1.165) is 13.0 Å². The van der Waals surface area contributed by atoms with Crippen LogP contribution in [-0.2, 0) is 25.5 Å². The largest absolute Gasteiger partial charge is 0.458 e. The molecule has 0 saturated carbocycles. The Hall–Kier alpha value is -2.13. The summed E-state index contributed by atoms with van der Waals surface area (Å²) >= 11 is 0. The van der Waals surface area contributed by atoms with Crippen LogP contribution in [0.1, 0.15) is 73.1 Å². The molecule has 0 aliphatic carbocycles. The quantitative estimate of drug-likeness (QED) is 0.651. The van der Waals surface area contributed by atoms with Gasteiger partial charge in [-0.2, -0.15) is 0 Å². The first-order valence-corrected chi connectivity index (χ1v) is 10.8. The van der Waals surface area contributed by atoms with Crippen molar-refractivity contribution in [3.05, 3.63) is 18.2 Å². The van der Waals surface area contributed by atoms with Gasteiger partial charge in [-0.25, -0.2) is 14.6 Å². The zero-order chi connectivity index (χ0) is 23.4. The van der Waals surface area contributed by atoms with Crippen LogP contribution >= 0.6 is 0 Å². The van der Waals surface area contributed by atoms with Gasteiger partial charge in [-0.05, 0) is 54.4 Å². The molecule has 9 heteroatoms. The molecule has 1 amide bonds. The van der Waals surface area contributed by atoms with Gasteiger partial charge in [0.15, 0.2) is 6.10 Å². The fourth-order valence-electron chi connectivity index (χ4n) is 3.22. The number of esters is 1. The smallest absolute Gasteiger partial charge is 0.410 e. The normalized spacial score (nSPS) is 19.2. The van der Waals surface area contributed by atoms with Crippen molar-refractivity contribution in [2.24, 2.45) is 0 Å². The van der Waals surface area contributed by atoms with Crippen molar-refractivity contribution in [2.75, 3.05) is 13.1 Å². The molecule has 1 aromatic heterocycles. The number of hydrogen-bond donors (Lipinski definition) is 1. The highest BCUT2D eigenvalue weighted by molar-refractivity contribution is 5.76. The van der Waals surface area contributed by atoms with E-state index < -0.39 is 41.6 Å². The number of carbonyl (C=O) groups is 2. The minimum atomic E-state index is -1.29. The molecule has 2 heterocycles. The average Bonchev–Trinajstić information content (AvgIpc) is 3.26. The number of rotatable bonds is 7. The predicted molar refractivity (Wildman–Crippen MR) is 114 cm³/mol. The highest BCUT2D eigenvalue weighted by Gasteiger charge is 2.39. The van der Waals surface area contributed by atoms with E-state index in [2.05, 4.69) is 4.98 Å². The summed E-state index contributed by atoms with van der Waals surface area (Å²) in [7, 11) is 0. The maximum atomic E-state index is 12.8. The zero-order valence-electron chi connectivity index (χ0n) is 19.8. The molecule has 3 unspecified atom stereocenters. The van der Waals surface area contributed by atoms with Gasteiger partial charge in [-0.1, -0.05) is 6.92 Å². The van der Waals surface area contributed by atoms with Gasteiger partial charge in [0.25, 0.3) is 0 Å². The maximum absolute atomic E-state index is 12.8. The van der Waals surface area contributed by atoms with Gasteiger partial charge in [-0.3, -0.25) is 0 Å². The molecule has 176 valence electrons. The molecule has 1 aliphatic heterocycles. The van der Waals surface area contributed by atoms with Crippen LogP contribution in [0.25, 0.3) is 0 Å². The minimum Gasteiger partial charge on any atom is -0.458 e. The Morgan fingerprint density at radius 1 is 1.19 bits per heavy atom. The number of aliphatic hydroxyl groups excluding tert-OH is 1. The van der Waals surface area contributed by atoms with Crippen LogP contribution in [0, 0.1) is 0 Å². The number of hydrogen-bond acceptors (Lipinski definition) is 7. The number of likely N-dealkylation sites (tertiary alicyclic amines) is 1. The lowest BCUT2D eigenvalue weighted by Crippen LogP contribution is -2.41. The Balaban J connectivity index is 2.12. The van der Waals surface area contributed by atoms with Crippen molar-refractivity contribution in [3.8, 4) is 0 Å². The summed E-state index contributed by atoms with van der Waals surface area (Å²) in [5.41, 5.74) is -0.993. The van der Waals surface area contributed by atoms with E-state index in [1.54, 1.807) is 38.2 Å². The monoisotopic (exact) mass is 439 g/mol. The van der Waals surface area contributed by atoms with E-state index >= 15 is 0 Å². The van der Waals surface area contributed by atoms with Crippen molar-refractivity contribution in [3.63, 3.8) is 0 Å². The first-order chi connectivity index (χ1) is 14.3. The standard InChI is InChI=1S/C22H37N3O6/c1-8-10-24-13-16(23-14-24)17(26)18(19(27)30-21(2,3)4)29-15-9-11-25(12-15)20(28)31-22(5,6)7/h13-15,17-18,26H,8-12H2,1-7H3. The topological polar surface area (TPSA) is 103 Å². The number of amides is 1. The molecular weight excluding hydrogens is 402 g/mol. The molecule has 1 aromatic rings.